The first-order chi connectivity index (χ1) is 7.24. The Kier molecular flexibility index (Phi) is 2.82. The van der Waals surface area contributed by atoms with Crippen molar-refractivity contribution in [2.24, 2.45) is 0 Å². The predicted octanol–water partition coefficient (Wildman–Crippen LogP) is 2.04. The highest BCUT2D eigenvalue weighted by Gasteiger charge is 1.98. The summed E-state index contributed by atoms with van der Waals surface area (Å²) in [6, 6.07) is 4.20. The molecule has 0 saturated heterocycles. The zero-order chi connectivity index (χ0) is 10.7. The predicted molar refractivity (Wildman–Crippen MR) is 62.8 cm³/mol. The van der Waals surface area contributed by atoms with Crippen molar-refractivity contribution in [3.8, 4) is 0 Å². The Morgan fingerprint density at radius 3 is 2.67 bits per heavy atom. The molecule has 0 saturated carbocycles. The number of hydrogen-bond acceptors (Lipinski definition) is 5. The number of thiophene rings is 1. The maximum absolute atomic E-state index is 5.49. The monoisotopic (exact) mass is 220 g/mol. The number of rotatable bonds is 3. The number of nitrogens with zero attached hydrogens (tertiary/aromatic N) is 2. The maximum atomic E-state index is 5.49. The second-order valence-electron chi connectivity index (χ2n) is 3.21. The van der Waals surface area contributed by atoms with Gasteiger partial charge in [0.25, 0.3) is 0 Å². The summed E-state index contributed by atoms with van der Waals surface area (Å²) < 4.78 is 0. The first-order valence-electron chi connectivity index (χ1n) is 4.61. The largest absolute Gasteiger partial charge is 0.396 e. The minimum Gasteiger partial charge on any atom is -0.396 e. The van der Waals surface area contributed by atoms with E-state index >= 15 is 0 Å². The van der Waals surface area contributed by atoms with Gasteiger partial charge in [-0.25, -0.2) is 9.97 Å². The first kappa shape index (κ1) is 9.92. The molecule has 0 aliphatic heterocycles. The second-order valence-corrected chi connectivity index (χ2v) is 4.58. The molecule has 5 heteroatoms. The molecule has 3 N–H and O–H groups in total. The lowest BCUT2D eigenvalue weighted by Gasteiger charge is -2.02. The second kappa shape index (κ2) is 4.27. The Morgan fingerprint density at radius 2 is 2.07 bits per heavy atom. The molecular formula is C10H12N4S. The van der Waals surface area contributed by atoms with E-state index in [2.05, 4.69) is 34.3 Å². The van der Waals surface area contributed by atoms with Crippen LogP contribution in [0.3, 0.4) is 0 Å². The summed E-state index contributed by atoms with van der Waals surface area (Å²) in [5.74, 6) is 0.607. The van der Waals surface area contributed by atoms with Crippen molar-refractivity contribution in [2.45, 2.75) is 13.5 Å². The third-order valence-electron chi connectivity index (χ3n) is 1.89. The number of aryl methyl sites for hydroxylation is 1. The van der Waals surface area contributed by atoms with Gasteiger partial charge in [0, 0.05) is 9.75 Å². The number of anilines is 2. The average molecular weight is 220 g/mol. The Balaban J connectivity index is 1.96. The molecule has 4 nitrogen and oxygen atoms in total. The highest BCUT2D eigenvalue weighted by Crippen LogP contribution is 2.15. The van der Waals surface area contributed by atoms with Gasteiger partial charge in [-0.1, -0.05) is 0 Å². The topological polar surface area (TPSA) is 63.8 Å². The van der Waals surface area contributed by atoms with Gasteiger partial charge in [-0.05, 0) is 19.1 Å². The fourth-order valence-corrected chi connectivity index (χ4v) is 2.01. The molecule has 0 radical (unpaired) electrons. The first-order valence-corrected chi connectivity index (χ1v) is 5.42. The van der Waals surface area contributed by atoms with Gasteiger partial charge in [0.05, 0.1) is 24.6 Å². The minimum atomic E-state index is 0.576. The molecule has 0 spiro atoms. The van der Waals surface area contributed by atoms with Crippen molar-refractivity contribution >= 4 is 23.0 Å². The fraction of sp³-hybridized carbons (Fsp3) is 0.200. The number of nitrogen functional groups attached to an aromatic ring is 1. The number of nitrogens with one attached hydrogen (secondary N) is 1. The lowest BCUT2D eigenvalue weighted by atomic mass is 10.4. The lowest BCUT2D eigenvalue weighted by Crippen LogP contribution is -2.02. The van der Waals surface area contributed by atoms with Gasteiger partial charge >= 0.3 is 0 Å². The van der Waals surface area contributed by atoms with E-state index in [4.69, 9.17) is 5.73 Å². The van der Waals surface area contributed by atoms with Crippen LogP contribution in [0, 0.1) is 6.92 Å². The van der Waals surface area contributed by atoms with Gasteiger partial charge in [-0.2, -0.15) is 0 Å². The van der Waals surface area contributed by atoms with Crippen LogP contribution in [-0.4, -0.2) is 9.97 Å². The smallest absolute Gasteiger partial charge is 0.223 e. The molecule has 0 aromatic carbocycles. The highest BCUT2D eigenvalue weighted by atomic mass is 32.1. The van der Waals surface area contributed by atoms with Crippen molar-refractivity contribution in [1.29, 1.82) is 0 Å². The Morgan fingerprint density at radius 1 is 1.33 bits per heavy atom. The summed E-state index contributed by atoms with van der Waals surface area (Å²) >= 11 is 1.77. The van der Waals surface area contributed by atoms with Crippen molar-refractivity contribution in [1.82, 2.24) is 9.97 Å². The maximum Gasteiger partial charge on any atom is 0.223 e. The van der Waals surface area contributed by atoms with Gasteiger partial charge in [-0.3, -0.25) is 0 Å². The van der Waals surface area contributed by atoms with Crippen LogP contribution in [0.1, 0.15) is 9.75 Å². The van der Waals surface area contributed by atoms with Gasteiger partial charge in [0.2, 0.25) is 5.95 Å². The zero-order valence-electron chi connectivity index (χ0n) is 8.40. The van der Waals surface area contributed by atoms with Gasteiger partial charge in [0.15, 0.2) is 0 Å². The van der Waals surface area contributed by atoms with Gasteiger partial charge in [0.1, 0.15) is 0 Å². The molecule has 0 fully saturated rings. The lowest BCUT2D eigenvalue weighted by molar-refractivity contribution is 1.07. The Bertz CT molecular complexity index is 435. The summed E-state index contributed by atoms with van der Waals surface area (Å²) in [5, 5.41) is 3.13. The Labute approximate surface area is 92.2 Å². The van der Waals surface area contributed by atoms with Crippen LogP contribution in [0.5, 0.6) is 0 Å². The normalized spacial score (nSPS) is 10.2. The van der Waals surface area contributed by atoms with Crippen molar-refractivity contribution in [2.75, 3.05) is 11.1 Å². The highest BCUT2D eigenvalue weighted by molar-refractivity contribution is 7.11. The number of hydrogen-bond donors (Lipinski definition) is 2. The van der Waals surface area contributed by atoms with Gasteiger partial charge < -0.3 is 11.1 Å². The molecule has 0 aliphatic carbocycles. The van der Waals surface area contributed by atoms with Crippen molar-refractivity contribution in [3.05, 3.63) is 34.3 Å². The third-order valence-corrected chi connectivity index (χ3v) is 2.89. The summed E-state index contributed by atoms with van der Waals surface area (Å²) in [7, 11) is 0. The molecule has 2 aromatic rings. The summed E-state index contributed by atoms with van der Waals surface area (Å²) in [6.07, 6.45) is 3.18. The third kappa shape index (κ3) is 2.66. The number of aromatic nitrogens is 2. The fourth-order valence-electron chi connectivity index (χ4n) is 1.18. The summed E-state index contributed by atoms with van der Waals surface area (Å²) in [6.45, 7) is 2.84. The zero-order valence-corrected chi connectivity index (χ0v) is 9.21. The Hall–Kier alpha value is -1.62. The van der Waals surface area contributed by atoms with Crippen LogP contribution in [-0.2, 0) is 6.54 Å². The van der Waals surface area contributed by atoms with E-state index in [1.54, 1.807) is 23.7 Å². The van der Waals surface area contributed by atoms with Crippen molar-refractivity contribution in [3.63, 3.8) is 0 Å². The molecule has 0 bridgehead atoms. The molecular weight excluding hydrogens is 208 g/mol. The standard InChI is InChI=1S/C10H12N4S/c1-7-2-3-9(15-7)6-14-10-12-4-8(11)5-13-10/h2-5H,6,11H2,1H3,(H,12,13,14). The van der Waals surface area contributed by atoms with Crippen LogP contribution in [0.2, 0.25) is 0 Å². The molecule has 2 heterocycles. The van der Waals surface area contributed by atoms with Crippen LogP contribution in [0.25, 0.3) is 0 Å². The van der Waals surface area contributed by atoms with E-state index in [1.807, 2.05) is 0 Å². The van der Waals surface area contributed by atoms with Crippen LogP contribution < -0.4 is 11.1 Å². The van der Waals surface area contributed by atoms with E-state index in [1.165, 1.54) is 9.75 Å². The number of nitrogens with two attached hydrogens (primary N) is 1. The molecule has 2 rings (SSSR count). The molecule has 2 aromatic heterocycles. The molecule has 0 amide bonds. The van der Waals surface area contributed by atoms with E-state index < -0.39 is 0 Å². The van der Waals surface area contributed by atoms with E-state index in [0.29, 0.717) is 11.6 Å². The van der Waals surface area contributed by atoms with Gasteiger partial charge in [-0.15, -0.1) is 11.3 Å². The summed E-state index contributed by atoms with van der Waals surface area (Å²) in [5.41, 5.74) is 6.06. The minimum absolute atomic E-state index is 0.576. The van der Waals surface area contributed by atoms with E-state index in [9.17, 15) is 0 Å². The summed E-state index contributed by atoms with van der Waals surface area (Å²) in [4.78, 5) is 10.7. The molecule has 0 aliphatic rings. The molecule has 78 valence electrons. The van der Waals surface area contributed by atoms with Crippen molar-refractivity contribution < 1.29 is 0 Å². The molecule has 15 heavy (non-hydrogen) atoms. The van der Waals surface area contributed by atoms with E-state index in [-0.39, 0.29) is 0 Å². The quantitative estimate of drug-likeness (QED) is 0.830. The molecule has 0 unspecified atom stereocenters. The molecule has 0 atom stereocenters. The van der Waals surface area contributed by atoms with Crippen LogP contribution >= 0.6 is 11.3 Å². The van der Waals surface area contributed by atoms with Crippen LogP contribution in [0.15, 0.2) is 24.5 Å². The van der Waals surface area contributed by atoms with E-state index in [0.717, 1.165) is 6.54 Å². The average Bonchev–Trinajstić information content (AvgIpc) is 2.64. The van der Waals surface area contributed by atoms with Crippen LogP contribution in [0.4, 0.5) is 11.6 Å². The SMILES string of the molecule is Cc1ccc(CNc2ncc(N)cn2)s1.